The van der Waals surface area contributed by atoms with Crippen molar-refractivity contribution in [1.29, 1.82) is 0 Å². The molecule has 0 aromatic rings. The van der Waals surface area contributed by atoms with Gasteiger partial charge in [-0.15, -0.1) is 0 Å². The van der Waals surface area contributed by atoms with E-state index in [0.29, 0.717) is 30.0 Å². The van der Waals surface area contributed by atoms with Gasteiger partial charge in [-0.05, 0) is 75.0 Å². The summed E-state index contributed by atoms with van der Waals surface area (Å²) in [5.41, 5.74) is 0.952. The fourth-order valence-corrected chi connectivity index (χ4v) is 7.55. The molecule has 0 unspecified atom stereocenters. The van der Waals surface area contributed by atoms with E-state index in [1.54, 1.807) is 6.92 Å². The van der Waals surface area contributed by atoms with Gasteiger partial charge in [-0.2, -0.15) is 0 Å². The van der Waals surface area contributed by atoms with Gasteiger partial charge in [-0.1, -0.05) is 18.6 Å². The predicted octanol–water partition coefficient (Wildman–Crippen LogP) is 4.27. The van der Waals surface area contributed by atoms with Crippen molar-refractivity contribution in [2.75, 3.05) is 0 Å². The van der Waals surface area contributed by atoms with Gasteiger partial charge < -0.3 is 9.53 Å². The first-order valence-corrected chi connectivity index (χ1v) is 10.7. The van der Waals surface area contributed by atoms with E-state index in [2.05, 4.69) is 13.0 Å². The van der Waals surface area contributed by atoms with Crippen molar-refractivity contribution < 1.29 is 19.1 Å². The van der Waals surface area contributed by atoms with Gasteiger partial charge in [0, 0.05) is 19.3 Å². The minimum atomic E-state index is -0.366. The molecule has 0 radical (unpaired) electrons. The summed E-state index contributed by atoms with van der Waals surface area (Å²) < 4.78 is 5.46. The molecular weight excluding hydrogens is 340 g/mol. The van der Waals surface area contributed by atoms with Crippen LogP contribution in [-0.2, 0) is 19.1 Å². The van der Waals surface area contributed by atoms with Crippen LogP contribution in [0.3, 0.4) is 0 Å². The summed E-state index contributed by atoms with van der Waals surface area (Å²) >= 11 is 0. The number of allylic oxidation sites excluding steroid dienone is 1. The zero-order chi connectivity index (χ0) is 19.4. The first-order chi connectivity index (χ1) is 12.8. The van der Waals surface area contributed by atoms with Gasteiger partial charge in [0.2, 0.25) is 0 Å². The van der Waals surface area contributed by atoms with E-state index in [0.717, 1.165) is 44.9 Å². The Labute approximate surface area is 162 Å². The van der Waals surface area contributed by atoms with Crippen LogP contribution in [0.1, 0.15) is 72.1 Å². The highest BCUT2D eigenvalue weighted by Crippen LogP contribution is 2.66. The lowest BCUT2D eigenvalue weighted by Crippen LogP contribution is -2.52. The maximum atomic E-state index is 12.4. The molecule has 27 heavy (non-hydrogen) atoms. The third-order valence-electron chi connectivity index (χ3n) is 8.69. The quantitative estimate of drug-likeness (QED) is 0.422. The Morgan fingerprint density at radius 1 is 1.11 bits per heavy atom. The van der Waals surface area contributed by atoms with Gasteiger partial charge in [0.05, 0.1) is 5.41 Å². The molecule has 0 amide bonds. The van der Waals surface area contributed by atoms with Crippen molar-refractivity contribution in [3.05, 3.63) is 11.6 Å². The van der Waals surface area contributed by atoms with Crippen LogP contribution in [0.4, 0.5) is 0 Å². The number of hydrogen-bond donors (Lipinski definition) is 0. The second-order valence-corrected chi connectivity index (χ2v) is 9.76. The second-order valence-electron chi connectivity index (χ2n) is 9.76. The monoisotopic (exact) mass is 372 g/mol. The van der Waals surface area contributed by atoms with Crippen LogP contribution < -0.4 is 0 Å². The third kappa shape index (κ3) is 2.74. The molecule has 0 bridgehead atoms. The molecule has 3 fully saturated rings. The molecule has 7 atom stereocenters. The number of ether oxygens (including phenoxy) is 1. The van der Waals surface area contributed by atoms with Crippen molar-refractivity contribution in [2.24, 2.45) is 34.5 Å². The molecule has 4 aliphatic carbocycles. The number of carbonyl (C=O) groups is 3. The lowest BCUT2D eigenvalue weighted by atomic mass is 9.47. The molecule has 4 aliphatic rings. The molecule has 0 N–H and O–H groups in total. The highest BCUT2D eigenvalue weighted by atomic mass is 16.5. The third-order valence-corrected chi connectivity index (χ3v) is 8.69. The highest BCUT2D eigenvalue weighted by molar-refractivity contribution is 5.79. The van der Waals surface area contributed by atoms with Gasteiger partial charge in [0.15, 0.2) is 0 Å². The number of carbonyl (C=O) groups excluding carboxylic acids is 3. The average molecular weight is 373 g/mol. The standard InChI is InChI=1S/C23H32O4/c1-14(25)19-6-7-20-18-5-4-16-12-17(27-15(2)26)8-11-23(16,13-24)21(18)9-10-22(19,20)3/h4,13,17-21H,5-12H2,1-3H3/t17-,18-,19+,20-,21-,22+,23+/m0/s1. The summed E-state index contributed by atoms with van der Waals surface area (Å²) in [5.74, 6) is 1.75. The van der Waals surface area contributed by atoms with Crippen LogP contribution in [0.25, 0.3) is 0 Å². The smallest absolute Gasteiger partial charge is 0.302 e. The zero-order valence-electron chi connectivity index (χ0n) is 16.8. The Balaban J connectivity index is 1.63. The Kier molecular flexibility index (Phi) is 4.59. The van der Waals surface area contributed by atoms with Crippen LogP contribution in [-0.4, -0.2) is 24.1 Å². The van der Waals surface area contributed by atoms with E-state index < -0.39 is 0 Å². The summed E-state index contributed by atoms with van der Waals surface area (Å²) in [6.07, 6.45) is 10.9. The zero-order valence-corrected chi connectivity index (χ0v) is 16.8. The number of ketones is 1. The lowest BCUT2D eigenvalue weighted by Gasteiger charge is -2.57. The number of Topliss-reactive ketones (excluding diaryl/α,β-unsaturated/α-hetero) is 1. The van der Waals surface area contributed by atoms with Gasteiger partial charge in [-0.3, -0.25) is 9.59 Å². The average Bonchev–Trinajstić information content (AvgIpc) is 2.98. The number of rotatable bonds is 3. The summed E-state index contributed by atoms with van der Waals surface area (Å²) in [7, 11) is 0. The molecule has 148 valence electrons. The molecule has 4 heteroatoms. The number of aldehydes is 1. The van der Waals surface area contributed by atoms with E-state index in [1.165, 1.54) is 18.8 Å². The predicted molar refractivity (Wildman–Crippen MR) is 102 cm³/mol. The molecule has 4 nitrogen and oxygen atoms in total. The van der Waals surface area contributed by atoms with Crippen LogP contribution in [0.2, 0.25) is 0 Å². The normalized spacial score (nSPS) is 45.7. The van der Waals surface area contributed by atoms with E-state index in [1.807, 2.05) is 0 Å². The number of hydrogen-bond acceptors (Lipinski definition) is 4. The van der Waals surface area contributed by atoms with Crippen LogP contribution in [0.5, 0.6) is 0 Å². The van der Waals surface area contributed by atoms with E-state index >= 15 is 0 Å². The van der Waals surface area contributed by atoms with Crippen LogP contribution in [0.15, 0.2) is 11.6 Å². The lowest BCUT2D eigenvalue weighted by molar-refractivity contribution is -0.149. The molecule has 0 aromatic carbocycles. The molecule has 3 saturated carbocycles. The van der Waals surface area contributed by atoms with Crippen molar-refractivity contribution in [3.8, 4) is 0 Å². The van der Waals surface area contributed by atoms with Crippen molar-refractivity contribution in [3.63, 3.8) is 0 Å². The highest BCUT2D eigenvalue weighted by Gasteiger charge is 2.60. The molecular formula is C23H32O4. The second kappa shape index (κ2) is 6.56. The molecule has 0 spiro atoms. The molecule has 4 rings (SSSR count). The van der Waals surface area contributed by atoms with Gasteiger partial charge >= 0.3 is 5.97 Å². The van der Waals surface area contributed by atoms with Crippen LogP contribution in [0, 0.1) is 34.5 Å². The number of esters is 1. The fraction of sp³-hybridized carbons (Fsp3) is 0.783. The maximum absolute atomic E-state index is 12.4. The minimum Gasteiger partial charge on any atom is -0.462 e. The van der Waals surface area contributed by atoms with Crippen LogP contribution >= 0.6 is 0 Å². The Morgan fingerprint density at radius 3 is 2.56 bits per heavy atom. The fourth-order valence-electron chi connectivity index (χ4n) is 7.55. The van der Waals surface area contributed by atoms with Crippen molar-refractivity contribution in [1.82, 2.24) is 0 Å². The van der Waals surface area contributed by atoms with E-state index in [9.17, 15) is 14.4 Å². The Hall–Kier alpha value is -1.45. The van der Waals surface area contributed by atoms with Crippen molar-refractivity contribution in [2.45, 2.75) is 78.2 Å². The Bertz CT molecular complexity index is 694. The summed E-state index contributed by atoms with van der Waals surface area (Å²) in [6.45, 7) is 5.55. The number of fused-ring (bicyclic) bond motifs is 5. The molecule has 0 aliphatic heterocycles. The van der Waals surface area contributed by atoms with E-state index in [-0.39, 0.29) is 28.8 Å². The largest absolute Gasteiger partial charge is 0.462 e. The van der Waals surface area contributed by atoms with Gasteiger partial charge in [0.1, 0.15) is 18.2 Å². The SMILES string of the molecule is CC(=O)O[C@H]1CC[C@@]2(C=O)C(=CC[C@H]3[C@@H]4CC[C@H](C(C)=O)[C@@]4(C)CC[C@@H]32)C1. The summed E-state index contributed by atoms with van der Waals surface area (Å²) in [6, 6.07) is 0. The summed E-state index contributed by atoms with van der Waals surface area (Å²) in [5, 5.41) is 0. The van der Waals surface area contributed by atoms with Crippen molar-refractivity contribution >= 4 is 18.0 Å². The molecule has 0 heterocycles. The first kappa shape index (κ1) is 18.9. The molecule has 0 aromatic heterocycles. The van der Waals surface area contributed by atoms with E-state index in [4.69, 9.17) is 4.74 Å². The minimum absolute atomic E-state index is 0.0826. The van der Waals surface area contributed by atoms with Gasteiger partial charge in [-0.25, -0.2) is 0 Å². The first-order valence-electron chi connectivity index (χ1n) is 10.7. The van der Waals surface area contributed by atoms with Gasteiger partial charge in [0.25, 0.3) is 0 Å². The summed E-state index contributed by atoms with van der Waals surface area (Å²) in [4.78, 5) is 36.0. The topological polar surface area (TPSA) is 60.4 Å². The Morgan fingerprint density at radius 2 is 1.89 bits per heavy atom. The molecule has 0 saturated heterocycles. The maximum Gasteiger partial charge on any atom is 0.302 e.